The SMILES string of the molecule is C#Cc1c(F)ccc2cc(OCOC)cc(-c3ncc4c(N5CC6CCC(C5)N6C(=O)OC(C)(C)C)nc(OC[C@]56CCC[C@H]5N(C)CCC6)nc4c3F)c12. The van der Waals surface area contributed by atoms with Crippen molar-refractivity contribution in [3.63, 3.8) is 0 Å². The van der Waals surface area contributed by atoms with Crippen molar-refractivity contribution < 1.29 is 32.5 Å². The molecular formula is C42H48F2N6O5. The lowest BCUT2D eigenvalue weighted by molar-refractivity contribution is 0.0119. The van der Waals surface area contributed by atoms with Gasteiger partial charge in [-0.15, -0.1) is 6.42 Å². The van der Waals surface area contributed by atoms with Crippen LogP contribution in [0.15, 0.2) is 30.5 Å². The summed E-state index contributed by atoms with van der Waals surface area (Å²) in [5, 5.41) is 1.27. The van der Waals surface area contributed by atoms with E-state index >= 15 is 8.78 Å². The molecule has 2 aromatic heterocycles. The van der Waals surface area contributed by atoms with Gasteiger partial charge in [0, 0.05) is 48.8 Å². The van der Waals surface area contributed by atoms with Crippen molar-refractivity contribution in [1.29, 1.82) is 0 Å². The molecule has 11 nitrogen and oxygen atoms in total. The lowest BCUT2D eigenvalue weighted by Gasteiger charge is -2.44. The molecule has 4 aliphatic rings. The molecule has 4 aromatic rings. The van der Waals surface area contributed by atoms with Crippen LogP contribution in [0.3, 0.4) is 0 Å². The minimum absolute atomic E-state index is 0.0133. The van der Waals surface area contributed by atoms with Gasteiger partial charge in [-0.3, -0.25) is 9.88 Å². The number of terminal acetylenes is 1. The number of pyridine rings is 1. The molecule has 4 fully saturated rings. The van der Waals surface area contributed by atoms with Crippen LogP contribution in [-0.2, 0) is 9.47 Å². The fourth-order valence-corrected chi connectivity index (χ4v) is 9.54. The number of piperidine rings is 1. The van der Waals surface area contributed by atoms with Crippen molar-refractivity contribution in [2.24, 2.45) is 5.41 Å². The summed E-state index contributed by atoms with van der Waals surface area (Å²) in [6.07, 6.45) is 14.1. The van der Waals surface area contributed by atoms with Crippen LogP contribution in [-0.4, -0.2) is 102 Å². The number of ether oxygens (including phenoxy) is 4. The summed E-state index contributed by atoms with van der Waals surface area (Å²) in [5.74, 6) is 1.97. The van der Waals surface area contributed by atoms with Crippen LogP contribution >= 0.6 is 0 Å². The molecular weight excluding hydrogens is 706 g/mol. The fourth-order valence-electron chi connectivity index (χ4n) is 9.54. The summed E-state index contributed by atoms with van der Waals surface area (Å²) in [6.45, 7) is 7.94. The van der Waals surface area contributed by atoms with Gasteiger partial charge < -0.3 is 28.7 Å². The summed E-state index contributed by atoms with van der Waals surface area (Å²) in [5.41, 5.74) is -0.481. The quantitative estimate of drug-likeness (QED) is 0.134. The molecule has 2 unspecified atom stereocenters. The first-order valence-corrected chi connectivity index (χ1v) is 19.2. The van der Waals surface area contributed by atoms with Gasteiger partial charge in [-0.25, -0.2) is 13.6 Å². The minimum Gasteiger partial charge on any atom is -0.468 e. The third-order valence-electron chi connectivity index (χ3n) is 11.9. The Kier molecular flexibility index (Phi) is 9.70. The summed E-state index contributed by atoms with van der Waals surface area (Å²) in [4.78, 5) is 34.1. The molecule has 0 spiro atoms. The molecule has 2 bridgehead atoms. The third kappa shape index (κ3) is 6.77. The molecule has 0 radical (unpaired) electrons. The minimum atomic E-state index is -0.729. The smallest absolute Gasteiger partial charge is 0.410 e. The number of nitrogens with zero attached hydrogens (tertiary/aromatic N) is 6. The molecule has 1 amide bonds. The van der Waals surface area contributed by atoms with Gasteiger partial charge in [-0.2, -0.15) is 9.97 Å². The van der Waals surface area contributed by atoms with Gasteiger partial charge in [0.1, 0.15) is 34.2 Å². The highest BCUT2D eigenvalue weighted by Crippen LogP contribution is 2.48. The first-order valence-electron chi connectivity index (χ1n) is 19.2. The van der Waals surface area contributed by atoms with E-state index in [9.17, 15) is 4.79 Å². The number of likely N-dealkylation sites (tertiary alicyclic amines) is 1. The largest absolute Gasteiger partial charge is 0.468 e. The summed E-state index contributed by atoms with van der Waals surface area (Å²) >= 11 is 0. The highest BCUT2D eigenvalue weighted by molar-refractivity contribution is 6.03. The average Bonchev–Trinajstić information content (AvgIpc) is 3.71. The van der Waals surface area contributed by atoms with Gasteiger partial charge in [0.25, 0.3) is 0 Å². The van der Waals surface area contributed by atoms with E-state index in [1.807, 2.05) is 25.7 Å². The highest BCUT2D eigenvalue weighted by Gasteiger charge is 2.48. The van der Waals surface area contributed by atoms with Crippen molar-refractivity contribution in [3.05, 3.63) is 47.7 Å². The van der Waals surface area contributed by atoms with Crippen molar-refractivity contribution >= 4 is 33.6 Å². The van der Waals surface area contributed by atoms with E-state index in [2.05, 4.69) is 27.8 Å². The van der Waals surface area contributed by atoms with Crippen LogP contribution in [0, 0.1) is 29.4 Å². The first kappa shape index (κ1) is 37.1. The number of methoxy groups -OCH3 is 1. The van der Waals surface area contributed by atoms with Crippen molar-refractivity contribution in [2.75, 3.05) is 52.1 Å². The van der Waals surface area contributed by atoms with Crippen LogP contribution in [0.2, 0.25) is 0 Å². The number of halogens is 2. The number of benzene rings is 2. The van der Waals surface area contributed by atoms with Gasteiger partial charge in [0.05, 0.1) is 29.6 Å². The second-order valence-electron chi connectivity index (χ2n) is 16.5. The van der Waals surface area contributed by atoms with Crippen LogP contribution < -0.4 is 14.4 Å². The number of carbonyl (C=O) groups excluding carboxylic acids is 1. The van der Waals surface area contributed by atoms with Crippen LogP contribution in [0.5, 0.6) is 11.8 Å². The predicted octanol–water partition coefficient (Wildman–Crippen LogP) is 7.32. The van der Waals surface area contributed by atoms with E-state index in [0.29, 0.717) is 53.5 Å². The Morgan fingerprint density at radius 2 is 1.82 bits per heavy atom. The molecule has 13 heteroatoms. The van der Waals surface area contributed by atoms with Crippen LogP contribution in [0.4, 0.5) is 19.4 Å². The summed E-state index contributed by atoms with van der Waals surface area (Å²) in [6, 6.07) is 6.39. The van der Waals surface area contributed by atoms with Gasteiger partial charge in [-0.05, 0) is 96.5 Å². The summed E-state index contributed by atoms with van der Waals surface area (Å²) < 4.78 is 55.8. The Hall–Kier alpha value is -4.80. The number of piperazine rings is 1. The van der Waals surface area contributed by atoms with Gasteiger partial charge >= 0.3 is 12.1 Å². The molecule has 4 atom stereocenters. The Balaban J connectivity index is 1.24. The molecule has 3 aliphatic heterocycles. The predicted molar refractivity (Wildman–Crippen MR) is 205 cm³/mol. The zero-order chi connectivity index (χ0) is 38.6. The zero-order valence-electron chi connectivity index (χ0n) is 32.2. The lowest BCUT2D eigenvalue weighted by atomic mass is 9.76. The van der Waals surface area contributed by atoms with E-state index in [0.717, 1.165) is 51.5 Å². The zero-order valence-corrected chi connectivity index (χ0v) is 32.2. The molecule has 5 heterocycles. The number of anilines is 1. The van der Waals surface area contributed by atoms with Crippen molar-refractivity contribution in [2.45, 2.75) is 89.4 Å². The molecule has 1 saturated carbocycles. The molecule has 0 N–H and O–H groups in total. The second kappa shape index (κ2) is 14.4. The molecule has 3 saturated heterocycles. The standard InChI is InChI=1S/C42H48F2N6O5/c1-7-29-32(43)14-11-25-18-28(54-24-52-6)19-30(34(25)29)36-35(44)37-31(20-45-36)38(49-21-26-12-13-27(22-49)50(26)40(51)55-41(2,3)4)47-39(46-37)53-23-42-15-8-10-33(42)48(5)17-9-16-42/h1,11,14,18-20,26-27,33H,8-10,12-13,15-17,21-24H2,2-6H3/t26?,27?,33-,42-/m1/s1. The maximum Gasteiger partial charge on any atom is 0.410 e. The normalized spacial score (nSPS) is 23.9. The number of aromatic nitrogens is 3. The molecule has 55 heavy (non-hydrogen) atoms. The fraction of sp³-hybridized carbons (Fsp3) is 0.524. The lowest BCUT2D eigenvalue weighted by Crippen LogP contribution is -2.57. The van der Waals surface area contributed by atoms with Crippen molar-refractivity contribution in [3.8, 4) is 35.4 Å². The Labute approximate surface area is 320 Å². The number of hydrogen-bond acceptors (Lipinski definition) is 10. The topological polar surface area (TPSA) is 102 Å². The van der Waals surface area contributed by atoms with Crippen LogP contribution in [0.1, 0.15) is 71.3 Å². The number of amides is 1. The number of carbonyl (C=O) groups is 1. The molecule has 2 aromatic carbocycles. The van der Waals surface area contributed by atoms with E-state index in [4.69, 9.17) is 35.3 Å². The van der Waals surface area contributed by atoms with Crippen molar-refractivity contribution in [1.82, 2.24) is 24.8 Å². The Morgan fingerprint density at radius 1 is 1.05 bits per heavy atom. The van der Waals surface area contributed by atoms with E-state index in [1.165, 1.54) is 13.2 Å². The Bertz CT molecular complexity index is 2170. The van der Waals surface area contributed by atoms with Gasteiger partial charge in [0.15, 0.2) is 12.6 Å². The first-order chi connectivity index (χ1) is 26.4. The number of rotatable bonds is 8. The maximum absolute atomic E-state index is 17.4. The van der Waals surface area contributed by atoms with E-state index in [1.54, 1.807) is 24.4 Å². The van der Waals surface area contributed by atoms with Gasteiger partial charge in [-0.1, -0.05) is 18.4 Å². The summed E-state index contributed by atoms with van der Waals surface area (Å²) in [7, 11) is 3.68. The molecule has 1 aliphatic carbocycles. The van der Waals surface area contributed by atoms with E-state index < -0.39 is 17.2 Å². The van der Waals surface area contributed by atoms with Gasteiger partial charge in [0.2, 0.25) is 0 Å². The molecule has 8 rings (SSSR count). The highest BCUT2D eigenvalue weighted by atomic mass is 19.1. The van der Waals surface area contributed by atoms with Crippen LogP contribution in [0.25, 0.3) is 32.9 Å². The Morgan fingerprint density at radius 3 is 2.55 bits per heavy atom. The number of fused-ring (bicyclic) bond motifs is 5. The third-order valence-corrected chi connectivity index (χ3v) is 11.9. The number of hydrogen-bond donors (Lipinski definition) is 0. The average molecular weight is 755 g/mol. The monoisotopic (exact) mass is 754 g/mol. The second-order valence-corrected chi connectivity index (χ2v) is 16.5. The van der Waals surface area contributed by atoms with E-state index in [-0.39, 0.29) is 58.7 Å². The maximum atomic E-state index is 17.4. The molecule has 290 valence electrons.